The Morgan fingerprint density at radius 1 is 0.742 bits per heavy atom. The van der Waals surface area contributed by atoms with E-state index in [4.69, 9.17) is 4.74 Å². The van der Waals surface area contributed by atoms with Crippen LogP contribution in [0.15, 0.2) is 36.4 Å². The van der Waals surface area contributed by atoms with Crippen molar-refractivity contribution in [3.63, 3.8) is 0 Å². The summed E-state index contributed by atoms with van der Waals surface area (Å²) in [6.45, 7) is 21.8. The second kappa shape index (κ2) is 12.9. The molecule has 5 nitrogen and oxygen atoms in total. The van der Waals surface area contributed by atoms with Crippen LogP contribution in [-0.2, 0) is 4.79 Å². The Kier molecular flexibility index (Phi) is 10.9. The van der Waals surface area contributed by atoms with Crippen molar-refractivity contribution in [2.45, 2.75) is 62.3 Å². The lowest BCUT2D eigenvalue weighted by atomic mass is 10.1. The van der Waals surface area contributed by atoms with Gasteiger partial charge in [0, 0.05) is 56.6 Å². The fourth-order valence-electron chi connectivity index (χ4n) is 3.70. The third-order valence-corrected chi connectivity index (χ3v) is 5.16. The van der Waals surface area contributed by atoms with Gasteiger partial charge in [-0.1, -0.05) is 27.7 Å². The number of rotatable bonds is 6. The molecule has 0 unspecified atom stereocenters. The number of ether oxygens (including phenoxy) is 1. The fourth-order valence-corrected chi connectivity index (χ4v) is 3.70. The quantitative estimate of drug-likeness (QED) is 0.487. The van der Waals surface area contributed by atoms with Crippen LogP contribution in [0.2, 0.25) is 0 Å². The van der Waals surface area contributed by atoms with Crippen LogP contribution in [0.5, 0.6) is 11.5 Å². The molecule has 1 aliphatic rings. The predicted octanol–water partition coefficient (Wildman–Crippen LogP) is 7.22. The van der Waals surface area contributed by atoms with Gasteiger partial charge in [-0.05, 0) is 52.0 Å². The van der Waals surface area contributed by atoms with Gasteiger partial charge in [-0.2, -0.15) is 0 Å². The Bertz CT molecular complexity index is 766. The van der Waals surface area contributed by atoms with Crippen LogP contribution in [0.25, 0.3) is 0 Å². The van der Waals surface area contributed by atoms with Gasteiger partial charge in [0.1, 0.15) is 0 Å². The lowest BCUT2D eigenvalue weighted by Gasteiger charge is -2.33. The predicted molar refractivity (Wildman–Crippen MR) is 136 cm³/mol. The molecule has 0 bridgehead atoms. The minimum Gasteiger partial charge on any atom is -0.453 e. The van der Waals surface area contributed by atoms with Crippen molar-refractivity contribution < 1.29 is 9.53 Å². The zero-order valence-electron chi connectivity index (χ0n) is 21.0. The molecule has 172 valence electrons. The largest absolute Gasteiger partial charge is 0.453 e. The molecule has 0 aromatic heterocycles. The lowest BCUT2D eigenvalue weighted by molar-refractivity contribution is -0.115. The molecule has 31 heavy (non-hydrogen) atoms. The van der Waals surface area contributed by atoms with Crippen molar-refractivity contribution in [2.75, 3.05) is 40.9 Å². The highest BCUT2D eigenvalue weighted by atomic mass is 16.5. The highest BCUT2D eigenvalue weighted by Crippen LogP contribution is 2.49. The average molecular weight is 428 g/mol. The van der Waals surface area contributed by atoms with E-state index >= 15 is 0 Å². The van der Waals surface area contributed by atoms with Gasteiger partial charge in [-0.25, -0.2) is 0 Å². The highest BCUT2D eigenvalue weighted by Gasteiger charge is 2.28. The summed E-state index contributed by atoms with van der Waals surface area (Å²) in [5.41, 5.74) is 3.79. The maximum atomic E-state index is 12.4. The summed E-state index contributed by atoms with van der Waals surface area (Å²) in [4.78, 5) is 18.7. The van der Waals surface area contributed by atoms with E-state index in [0.717, 1.165) is 60.4 Å². The molecule has 3 rings (SSSR count). The number of amides is 1. The van der Waals surface area contributed by atoms with E-state index in [1.807, 2.05) is 52.0 Å². The Balaban J connectivity index is 0.00000113. The van der Waals surface area contributed by atoms with E-state index in [1.165, 1.54) is 0 Å². The van der Waals surface area contributed by atoms with Crippen LogP contribution in [0.1, 0.15) is 62.3 Å². The minimum atomic E-state index is -0.0213. The molecule has 0 aliphatic carbocycles. The van der Waals surface area contributed by atoms with E-state index in [9.17, 15) is 4.79 Å². The summed E-state index contributed by atoms with van der Waals surface area (Å²) in [5.74, 6) is 1.42. The van der Waals surface area contributed by atoms with Gasteiger partial charge in [-0.3, -0.25) is 9.69 Å². The normalized spacial score (nSPS) is 10.9. The summed E-state index contributed by atoms with van der Waals surface area (Å²) in [6, 6.07) is 12.1. The van der Waals surface area contributed by atoms with Crippen molar-refractivity contribution in [3.05, 3.63) is 36.4 Å². The fraction of sp³-hybridized carbons (Fsp3) is 0.500. The molecule has 5 heteroatoms. The van der Waals surface area contributed by atoms with Gasteiger partial charge in [0.05, 0.1) is 11.4 Å². The third kappa shape index (κ3) is 5.72. The van der Waals surface area contributed by atoms with Crippen molar-refractivity contribution in [1.82, 2.24) is 0 Å². The zero-order chi connectivity index (χ0) is 23.6. The van der Waals surface area contributed by atoms with Crippen molar-refractivity contribution in [3.8, 4) is 11.5 Å². The molecule has 0 saturated carbocycles. The average Bonchev–Trinajstić information content (AvgIpc) is 2.81. The van der Waals surface area contributed by atoms with Crippen molar-refractivity contribution in [1.29, 1.82) is 0 Å². The summed E-state index contributed by atoms with van der Waals surface area (Å²) in [6.07, 6.45) is 0. The molecule has 0 N–H and O–H groups in total. The second-order valence-electron chi connectivity index (χ2n) is 6.61. The van der Waals surface area contributed by atoms with Crippen molar-refractivity contribution in [2.24, 2.45) is 0 Å². The molecule has 0 spiro atoms. The molecular formula is C26H41N3O2. The molecule has 0 radical (unpaired) electrons. The maximum Gasteiger partial charge on any atom is 0.228 e. The minimum absolute atomic E-state index is 0.0213. The smallest absolute Gasteiger partial charge is 0.228 e. The standard InChI is InChI=1S/C22H29N3O2.2C2H6/c1-6-23(7-2)17-10-12-19-21(14-17)27-22-15-18(24(8-3)9-4)11-13-20(22)25(19)16(5)26;2*1-2/h10-15H,6-9H2,1-5H3;2*1-2H3. The number of anilines is 4. The number of carbonyl (C=O) groups excluding carboxylic acids is 1. The van der Waals surface area contributed by atoms with Gasteiger partial charge in [0.25, 0.3) is 0 Å². The van der Waals surface area contributed by atoms with Gasteiger partial charge in [0.2, 0.25) is 5.91 Å². The zero-order valence-corrected chi connectivity index (χ0v) is 21.0. The van der Waals surface area contributed by atoms with Gasteiger partial charge in [-0.15, -0.1) is 0 Å². The highest BCUT2D eigenvalue weighted by molar-refractivity contribution is 6.03. The number of hydrogen-bond acceptors (Lipinski definition) is 4. The number of nitrogens with zero attached hydrogens (tertiary/aromatic N) is 3. The van der Waals surface area contributed by atoms with Crippen LogP contribution < -0.4 is 19.4 Å². The van der Waals surface area contributed by atoms with E-state index in [1.54, 1.807) is 11.8 Å². The van der Waals surface area contributed by atoms with Gasteiger partial charge in [0.15, 0.2) is 11.5 Å². The molecule has 2 aromatic rings. The summed E-state index contributed by atoms with van der Waals surface area (Å²) >= 11 is 0. The molecule has 2 aromatic carbocycles. The summed E-state index contributed by atoms with van der Waals surface area (Å²) in [7, 11) is 0. The topological polar surface area (TPSA) is 36.0 Å². The van der Waals surface area contributed by atoms with E-state index in [0.29, 0.717) is 0 Å². The number of fused-ring (bicyclic) bond motifs is 2. The molecule has 1 heterocycles. The Morgan fingerprint density at radius 3 is 1.39 bits per heavy atom. The first-order valence-corrected chi connectivity index (χ1v) is 11.8. The first-order valence-electron chi connectivity index (χ1n) is 11.8. The third-order valence-electron chi connectivity index (χ3n) is 5.16. The Morgan fingerprint density at radius 2 is 1.10 bits per heavy atom. The molecule has 0 atom stereocenters. The lowest BCUT2D eigenvalue weighted by Crippen LogP contribution is -2.27. The van der Waals surface area contributed by atoms with Gasteiger partial charge >= 0.3 is 0 Å². The van der Waals surface area contributed by atoms with E-state index in [-0.39, 0.29) is 5.91 Å². The first kappa shape index (κ1) is 26.3. The molecule has 0 fully saturated rings. The van der Waals surface area contributed by atoms with Gasteiger partial charge < -0.3 is 14.5 Å². The van der Waals surface area contributed by atoms with Crippen LogP contribution in [-0.4, -0.2) is 32.1 Å². The van der Waals surface area contributed by atoms with Crippen LogP contribution in [0.4, 0.5) is 22.7 Å². The van der Waals surface area contributed by atoms with Crippen LogP contribution in [0.3, 0.4) is 0 Å². The Labute approximate surface area is 189 Å². The summed E-state index contributed by atoms with van der Waals surface area (Å²) < 4.78 is 6.27. The maximum absolute atomic E-state index is 12.4. The molecule has 0 saturated heterocycles. The molecule has 1 amide bonds. The van der Waals surface area contributed by atoms with Crippen LogP contribution in [0, 0.1) is 0 Å². The van der Waals surface area contributed by atoms with E-state index < -0.39 is 0 Å². The number of benzene rings is 2. The molecule has 1 aliphatic heterocycles. The number of hydrogen-bond donors (Lipinski definition) is 0. The second-order valence-corrected chi connectivity index (χ2v) is 6.61. The summed E-state index contributed by atoms with van der Waals surface area (Å²) in [5, 5.41) is 0. The Hall–Kier alpha value is -2.69. The van der Waals surface area contributed by atoms with Crippen molar-refractivity contribution >= 4 is 28.7 Å². The SMILES string of the molecule is CC.CC.CCN(CC)c1ccc2c(c1)Oc1cc(N(CC)CC)ccc1N2C(C)=O. The number of carbonyl (C=O) groups is 1. The first-order chi connectivity index (χ1) is 15.0. The monoisotopic (exact) mass is 427 g/mol. The molecular weight excluding hydrogens is 386 g/mol. The van der Waals surface area contributed by atoms with Crippen LogP contribution >= 0.6 is 0 Å². The van der Waals surface area contributed by atoms with E-state index in [2.05, 4.69) is 49.6 Å².